The molecule has 174 valence electrons. The van der Waals surface area contributed by atoms with Crippen LogP contribution in [0.15, 0.2) is 53.3 Å². The second kappa shape index (κ2) is 10.8. The third-order valence-electron chi connectivity index (χ3n) is 6.73. The smallest absolute Gasteiger partial charge is 0.272 e. The number of benzene rings is 2. The van der Waals surface area contributed by atoms with Crippen molar-refractivity contribution in [1.82, 2.24) is 19.8 Å². The van der Waals surface area contributed by atoms with E-state index in [2.05, 4.69) is 22.2 Å². The molecule has 4 rings (SSSR count). The van der Waals surface area contributed by atoms with Crippen LogP contribution in [0, 0.1) is 6.92 Å². The quantitative estimate of drug-likeness (QED) is 0.528. The van der Waals surface area contributed by atoms with Gasteiger partial charge in [0.25, 0.3) is 11.5 Å². The summed E-state index contributed by atoms with van der Waals surface area (Å²) in [5.41, 5.74) is 3.34. The van der Waals surface area contributed by atoms with Crippen LogP contribution in [0.4, 0.5) is 0 Å². The van der Waals surface area contributed by atoms with Crippen molar-refractivity contribution in [1.29, 1.82) is 0 Å². The molecule has 0 radical (unpaired) electrons. The summed E-state index contributed by atoms with van der Waals surface area (Å²) in [6, 6.07) is 16.0. The molecule has 3 aromatic rings. The molecular formula is C27H34N4O2. The van der Waals surface area contributed by atoms with E-state index in [0.717, 1.165) is 24.0 Å². The van der Waals surface area contributed by atoms with Crippen LogP contribution >= 0.6 is 0 Å². The van der Waals surface area contributed by atoms with Gasteiger partial charge in [-0.25, -0.2) is 4.98 Å². The van der Waals surface area contributed by atoms with Crippen molar-refractivity contribution in [2.45, 2.75) is 58.0 Å². The summed E-state index contributed by atoms with van der Waals surface area (Å²) in [7, 11) is 2.20. The van der Waals surface area contributed by atoms with E-state index < -0.39 is 0 Å². The first-order chi connectivity index (χ1) is 16.0. The maximum absolute atomic E-state index is 12.8. The summed E-state index contributed by atoms with van der Waals surface area (Å²) in [5.74, 6) is -0.0996. The maximum atomic E-state index is 12.8. The van der Waals surface area contributed by atoms with Crippen molar-refractivity contribution in [3.05, 3.63) is 75.7 Å². The highest BCUT2D eigenvalue weighted by Gasteiger charge is 2.17. The molecule has 1 aliphatic rings. The molecule has 1 aromatic heterocycles. The van der Waals surface area contributed by atoms with E-state index >= 15 is 0 Å². The number of nitrogens with zero attached hydrogens (tertiary/aromatic N) is 3. The molecule has 0 saturated heterocycles. The number of hydrogen-bond acceptors (Lipinski definition) is 4. The summed E-state index contributed by atoms with van der Waals surface area (Å²) >= 11 is 0. The fourth-order valence-electron chi connectivity index (χ4n) is 4.78. The lowest BCUT2D eigenvalue weighted by Crippen LogP contribution is -2.35. The summed E-state index contributed by atoms with van der Waals surface area (Å²) in [5, 5.41) is 3.04. The van der Waals surface area contributed by atoms with Crippen molar-refractivity contribution in [3.63, 3.8) is 0 Å². The Morgan fingerprint density at radius 1 is 1.12 bits per heavy atom. The summed E-state index contributed by atoms with van der Waals surface area (Å²) in [6.45, 7) is 3.83. The Hall–Kier alpha value is -2.99. The van der Waals surface area contributed by atoms with Gasteiger partial charge in [-0.3, -0.25) is 9.59 Å². The highest BCUT2D eigenvalue weighted by atomic mass is 16.1. The highest BCUT2D eigenvalue weighted by Crippen LogP contribution is 2.21. The van der Waals surface area contributed by atoms with Crippen LogP contribution < -0.4 is 10.9 Å². The summed E-state index contributed by atoms with van der Waals surface area (Å²) < 4.78 is 1.73. The molecule has 0 aliphatic heterocycles. The molecule has 2 aromatic carbocycles. The molecule has 0 spiro atoms. The van der Waals surface area contributed by atoms with E-state index in [1.165, 1.54) is 32.1 Å². The molecule has 1 amide bonds. The summed E-state index contributed by atoms with van der Waals surface area (Å²) in [4.78, 5) is 32.4. The number of aryl methyl sites for hydroxylation is 1. The van der Waals surface area contributed by atoms with Gasteiger partial charge in [0.1, 0.15) is 5.69 Å². The number of carbonyl (C=O) groups excluding carboxylic acids is 1. The minimum Gasteiger partial charge on any atom is -0.352 e. The highest BCUT2D eigenvalue weighted by molar-refractivity contribution is 5.97. The Kier molecular flexibility index (Phi) is 7.55. The number of nitrogens with one attached hydrogen (secondary N) is 1. The molecule has 1 fully saturated rings. The SMILES string of the molecule is Cc1nc2cc(C(=O)NCCCN(C)C3CCCCC3)ccc2n(Cc2ccccc2)c1=O. The molecular weight excluding hydrogens is 412 g/mol. The Bertz CT molecular complexity index is 1150. The van der Waals surface area contributed by atoms with Crippen LogP contribution in [-0.2, 0) is 6.54 Å². The van der Waals surface area contributed by atoms with Gasteiger partial charge < -0.3 is 14.8 Å². The third-order valence-corrected chi connectivity index (χ3v) is 6.73. The lowest BCUT2D eigenvalue weighted by molar-refractivity contribution is 0.0950. The molecule has 1 aliphatic carbocycles. The van der Waals surface area contributed by atoms with Crippen LogP contribution in [0.3, 0.4) is 0 Å². The first kappa shape index (κ1) is 23.2. The zero-order chi connectivity index (χ0) is 23.2. The van der Waals surface area contributed by atoms with Gasteiger partial charge in [0.15, 0.2) is 0 Å². The van der Waals surface area contributed by atoms with Gasteiger partial charge in [-0.05, 0) is 63.5 Å². The van der Waals surface area contributed by atoms with E-state index in [1.807, 2.05) is 36.4 Å². The number of carbonyl (C=O) groups is 1. The van der Waals surface area contributed by atoms with Gasteiger partial charge in [-0.1, -0.05) is 49.6 Å². The summed E-state index contributed by atoms with van der Waals surface area (Å²) in [6.07, 6.45) is 7.55. The standard InChI is InChI=1S/C27H34N4O2/c1-20-27(33)31(19-21-10-5-3-6-11-21)25-15-14-22(18-24(25)29-20)26(32)28-16-9-17-30(2)23-12-7-4-8-13-23/h3,5-6,10-11,14-15,18,23H,4,7-9,12-13,16-17,19H2,1-2H3,(H,28,32). The van der Waals surface area contributed by atoms with Crippen LogP contribution in [0.1, 0.15) is 60.1 Å². The zero-order valence-corrected chi connectivity index (χ0v) is 19.7. The fraction of sp³-hybridized carbons (Fsp3) is 0.444. The molecule has 0 unspecified atom stereocenters. The lowest BCUT2D eigenvalue weighted by atomic mass is 9.94. The number of hydrogen-bond donors (Lipinski definition) is 1. The predicted molar refractivity (Wildman–Crippen MR) is 133 cm³/mol. The Balaban J connectivity index is 1.41. The minimum atomic E-state index is -0.106. The van der Waals surface area contributed by atoms with Crippen molar-refractivity contribution in [3.8, 4) is 0 Å². The number of rotatable bonds is 8. The van der Waals surface area contributed by atoms with E-state index in [-0.39, 0.29) is 11.5 Å². The Labute approximate surface area is 195 Å². The predicted octanol–water partition coefficient (Wildman–Crippen LogP) is 4.14. The molecule has 1 N–H and O–H groups in total. The van der Waals surface area contributed by atoms with Crippen LogP contribution in [0.5, 0.6) is 0 Å². The zero-order valence-electron chi connectivity index (χ0n) is 19.7. The van der Waals surface area contributed by atoms with Gasteiger partial charge in [0.2, 0.25) is 0 Å². The van der Waals surface area contributed by atoms with Crippen LogP contribution in [0.2, 0.25) is 0 Å². The molecule has 33 heavy (non-hydrogen) atoms. The molecule has 1 heterocycles. The molecule has 1 saturated carbocycles. The molecule has 6 heteroatoms. The van der Waals surface area contributed by atoms with Crippen molar-refractivity contribution in [2.75, 3.05) is 20.1 Å². The molecule has 0 atom stereocenters. The topological polar surface area (TPSA) is 67.2 Å². The normalized spacial score (nSPS) is 14.6. The average molecular weight is 447 g/mol. The Morgan fingerprint density at radius 2 is 1.88 bits per heavy atom. The van der Waals surface area contributed by atoms with E-state index in [1.54, 1.807) is 23.6 Å². The van der Waals surface area contributed by atoms with Gasteiger partial charge >= 0.3 is 0 Å². The maximum Gasteiger partial charge on any atom is 0.272 e. The Morgan fingerprint density at radius 3 is 2.64 bits per heavy atom. The van der Waals surface area contributed by atoms with E-state index in [0.29, 0.717) is 35.9 Å². The van der Waals surface area contributed by atoms with Crippen molar-refractivity contribution < 1.29 is 4.79 Å². The van der Waals surface area contributed by atoms with E-state index in [9.17, 15) is 9.59 Å². The van der Waals surface area contributed by atoms with Gasteiger partial charge in [-0.15, -0.1) is 0 Å². The van der Waals surface area contributed by atoms with E-state index in [4.69, 9.17) is 0 Å². The third kappa shape index (κ3) is 5.69. The lowest BCUT2D eigenvalue weighted by Gasteiger charge is -2.31. The van der Waals surface area contributed by atoms with Crippen molar-refractivity contribution in [2.24, 2.45) is 0 Å². The monoisotopic (exact) mass is 446 g/mol. The second-order valence-corrected chi connectivity index (χ2v) is 9.16. The first-order valence-corrected chi connectivity index (χ1v) is 12.1. The van der Waals surface area contributed by atoms with Crippen LogP contribution in [-0.4, -0.2) is 46.5 Å². The van der Waals surface area contributed by atoms with Crippen molar-refractivity contribution >= 4 is 16.9 Å². The largest absolute Gasteiger partial charge is 0.352 e. The average Bonchev–Trinajstić information content (AvgIpc) is 2.85. The van der Waals surface area contributed by atoms with Gasteiger partial charge in [0.05, 0.1) is 17.6 Å². The van der Waals surface area contributed by atoms with Crippen LogP contribution in [0.25, 0.3) is 11.0 Å². The molecule has 0 bridgehead atoms. The van der Waals surface area contributed by atoms with Gasteiger partial charge in [0, 0.05) is 18.2 Å². The number of amides is 1. The molecule has 6 nitrogen and oxygen atoms in total. The number of aromatic nitrogens is 2. The number of fused-ring (bicyclic) bond motifs is 1. The first-order valence-electron chi connectivity index (χ1n) is 12.1. The minimum absolute atomic E-state index is 0.0996. The fourth-order valence-corrected chi connectivity index (χ4v) is 4.78. The second-order valence-electron chi connectivity index (χ2n) is 9.16. The van der Waals surface area contributed by atoms with Gasteiger partial charge in [-0.2, -0.15) is 0 Å².